The Morgan fingerprint density at radius 2 is 1.64 bits per heavy atom. The van der Waals surface area contributed by atoms with Crippen LogP contribution >= 0.6 is 0 Å². The van der Waals surface area contributed by atoms with Crippen molar-refractivity contribution >= 4 is 17.3 Å². The molecule has 1 heterocycles. The third-order valence-electron chi connectivity index (χ3n) is 4.75. The average molecular weight is 378 g/mol. The van der Waals surface area contributed by atoms with Crippen LogP contribution in [0.2, 0.25) is 0 Å². The van der Waals surface area contributed by atoms with Crippen molar-refractivity contribution in [1.29, 1.82) is 0 Å². The Morgan fingerprint density at radius 3 is 2.36 bits per heavy atom. The van der Waals surface area contributed by atoms with Crippen molar-refractivity contribution < 1.29 is 18.7 Å². The van der Waals surface area contributed by atoms with Gasteiger partial charge in [-0.3, -0.25) is 9.69 Å². The van der Waals surface area contributed by atoms with E-state index in [4.69, 9.17) is 9.47 Å². The van der Waals surface area contributed by atoms with Crippen molar-refractivity contribution in [2.45, 2.75) is 6.17 Å². The lowest BCUT2D eigenvalue weighted by Gasteiger charge is -2.38. The van der Waals surface area contributed by atoms with E-state index < -0.39 is 6.17 Å². The summed E-state index contributed by atoms with van der Waals surface area (Å²) in [7, 11) is 3.13. The summed E-state index contributed by atoms with van der Waals surface area (Å²) < 4.78 is 24.2. The maximum atomic E-state index is 13.4. The predicted octanol–water partition coefficient (Wildman–Crippen LogP) is 4.61. The number of hydrogen-bond acceptors (Lipinski definition) is 4. The number of nitrogens with zero attached hydrogens (tertiary/aromatic N) is 1. The van der Waals surface area contributed by atoms with Crippen molar-refractivity contribution in [2.75, 3.05) is 24.4 Å². The van der Waals surface area contributed by atoms with E-state index in [-0.39, 0.29) is 11.7 Å². The molecule has 4 rings (SSSR count). The molecule has 5 nitrogen and oxygen atoms in total. The fourth-order valence-corrected chi connectivity index (χ4v) is 3.38. The summed E-state index contributed by atoms with van der Waals surface area (Å²) in [5.41, 5.74) is 2.70. The third-order valence-corrected chi connectivity index (χ3v) is 4.75. The van der Waals surface area contributed by atoms with Crippen LogP contribution in [0, 0.1) is 5.82 Å². The first-order valence-corrected chi connectivity index (χ1v) is 8.79. The molecular formula is C22H19FN2O3. The van der Waals surface area contributed by atoms with Gasteiger partial charge >= 0.3 is 0 Å². The normalized spacial score (nSPS) is 15.6. The zero-order valence-electron chi connectivity index (χ0n) is 15.5. The van der Waals surface area contributed by atoms with Crippen molar-refractivity contribution in [3.8, 4) is 11.5 Å². The highest BCUT2D eigenvalue weighted by Gasteiger charge is 2.34. The largest absolute Gasteiger partial charge is 0.493 e. The van der Waals surface area contributed by atoms with Crippen LogP contribution in [0.4, 0.5) is 15.8 Å². The molecule has 142 valence electrons. The van der Waals surface area contributed by atoms with Crippen LogP contribution in [0.1, 0.15) is 22.1 Å². The molecule has 0 saturated carbocycles. The predicted molar refractivity (Wildman–Crippen MR) is 106 cm³/mol. The molecule has 0 radical (unpaired) electrons. The van der Waals surface area contributed by atoms with Gasteiger partial charge in [-0.15, -0.1) is 0 Å². The molecule has 3 aromatic rings. The molecule has 1 unspecified atom stereocenters. The highest BCUT2D eigenvalue weighted by Crippen LogP contribution is 2.39. The van der Waals surface area contributed by atoms with Crippen molar-refractivity contribution in [3.05, 3.63) is 83.7 Å². The molecule has 0 aliphatic carbocycles. The van der Waals surface area contributed by atoms with Gasteiger partial charge in [0.05, 0.1) is 19.8 Å². The number of ether oxygens (including phenoxy) is 2. The molecular weight excluding hydrogens is 359 g/mol. The molecule has 3 aromatic carbocycles. The van der Waals surface area contributed by atoms with Gasteiger partial charge in [0.25, 0.3) is 5.91 Å². The van der Waals surface area contributed by atoms with E-state index in [0.29, 0.717) is 22.7 Å². The molecule has 6 heteroatoms. The summed E-state index contributed by atoms with van der Waals surface area (Å²) in [5, 5.41) is 3.41. The van der Waals surface area contributed by atoms with Crippen molar-refractivity contribution in [3.63, 3.8) is 0 Å². The number of carbonyl (C=O) groups is 1. The fraction of sp³-hybridized carbons (Fsp3) is 0.136. The number of methoxy groups -OCH3 is 2. The SMILES string of the molecule is COc1ccc(C2Nc3ccccc3C(=O)N2c2ccc(F)cc2)cc1OC. The Balaban J connectivity index is 1.85. The van der Waals surface area contributed by atoms with Gasteiger partial charge in [-0.25, -0.2) is 4.39 Å². The van der Waals surface area contributed by atoms with Gasteiger partial charge in [-0.2, -0.15) is 0 Å². The van der Waals surface area contributed by atoms with Gasteiger partial charge in [0, 0.05) is 11.4 Å². The molecule has 1 atom stereocenters. The number of carbonyl (C=O) groups excluding carboxylic acids is 1. The van der Waals surface area contributed by atoms with Crippen LogP contribution in [0.5, 0.6) is 11.5 Å². The third kappa shape index (κ3) is 3.03. The number of nitrogens with one attached hydrogen (secondary N) is 1. The number of hydrogen-bond donors (Lipinski definition) is 1. The highest BCUT2D eigenvalue weighted by molar-refractivity contribution is 6.12. The second-order valence-electron chi connectivity index (χ2n) is 6.36. The molecule has 0 spiro atoms. The van der Waals surface area contributed by atoms with Crippen LogP contribution < -0.4 is 19.7 Å². The zero-order valence-corrected chi connectivity index (χ0v) is 15.5. The van der Waals surface area contributed by atoms with Gasteiger partial charge in [-0.1, -0.05) is 18.2 Å². The zero-order chi connectivity index (χ0) is 19.7. The maximum Gasteiger partial charge on any atom is 0.262 e. The molecule has 1 N–H and O–H groups in total. The molecule has 28 heavy (non-hydrogen) atoms. The van der Waals surface area contributed by atoms with E-state index in [1.54, 1.807) is 43.4 Å². The summed E-state index contributed by atoms with van der Waals surface area (Å²) in [5.74, 6) is 0.638. The number of anilines is 2. The topological polar surface area (TPSA) is 50.8 Å². The number of para-hydroxylation sites is 1. The van der Waals surface area contributed by atoms with Gasteiger partial charge in [0.1, 0.15) is 12.0 Å². The van der Waals surface area contributed by atoms with Crippen LogP contribution in [-0.4, -0.2) is 20.1 Å². The lowest BCUT2D eigenvalue weighted by molar-refractivity contribution is 0.0975. The smallest absolute Gasteiger partial charge is 0.262 e. The first-order valence-electron chi connectivity index (χ1n) is 8.79. The number of fused-ring (bicyclic) bond motifs is 1. The van der Waals surface area contributed by atoms with E-state index in [1.807, 2.05) is 30.3 Å². The van der Waals surface area contributed by atoms with Crippen LogP contribution in [0.25, 0.3) is 0 Å². The van der Waals surface area contributed by atoms with E-state index in [2.05, 4.69) is 5.32 Å². The van der Waals surface area contributed by atoms with Gasteiger partial charge < -0.3 is 14.8 Å². The van der Waals surface area contributed by atoms with Crippen LogP contribution in [0.3, 0.4) is 0 Å². The highest BCUT2D eigenvalue weighted by atomic mass is 19.1. The number of rotatable bonds is 4. The summed E-state index contributed by atoms with van der Waals surface area (Å²) in [6.07, 6.45) is -0.493. The summed E-state index contributed by atoms with van der Waals surface area (Å²) in [6, 6.07) is 18.7. The minimum atomic E-state index is -0.493. The van der Waals surface area contributed by atoms with Crippen molar-refractivity contribution in [2.24, 2.45) is 0 Å². The molecule has 1 amide bonds. The van der Waals surface area contributed by atoms with Crippen molar-refractivity contribution in [1.82, 2.24) is 0 Å². The number of halogens is 1. The molecule has 1 aliphatic rings. The molecule has 0 saturated heterocycles. The Labute approximate surface area is 162 Å². The Bertz CT molecular complexity index is 1020. The lowest BCUT2D eigenvalue weighted by atomic mass is 10.0. The van der Waals surface area contributed by atoms with Crippen LogP contribution in [-0.2, 0) is 0 Å². The average Bonchev–Trinajstić information content (AvgIpc) is 2.74. The Morgan fingerprint density at radius 1 is 0.929 bits per heavy atom. The number of amides is 1. The van der Waals surface area contributed by atoms with Gasteiger partial charge in [0.2, 0.25) is 0 Å². The Hall–Kier alpha value is -3.54. The van der Waals surface area contributed by atoms with E-state index in [9.17, 15) is 9.18 Å². The minimum Gasteiger partial charge on any atom is -0.493 e. The summed E-state index contributed by atoms with van der Waals surface area (Å²) in [6.45, 7) is 0. The summed E-state index contributed by atoms with van der Waals surface area (Å²) in [4.78, 5) is 14.9. The fourth-order valence-electron chi connectivity index (χ4n) is 3.38. The van der Waals surface area contributed by atoms with E-state index >= 15 is 0 Å². The first-order chi connectivity index (χ1) is 13.6. The minimum absolute atomic E-state index is 0.166. The van der Waals surface area contributed by atoms with E-state index in [1.165, 1.54) is 12.1 Å². The molecule has 0 bridgehead atoms. The monoisotopic (exact) mass is 378 g/mol. The lowest BCUT2D eigenvalue weighted by Crippen LogP contribution is -2.43. The molecule has 0 fully saturated rings. The van der Waals surface area contributed by atoms with Gasteiger partial charge in [0.15, 0.2) is 11.5 Å². The second-order valence-corrected chi connectivity index (χ2v) is 6.36. The Kier molecular flexibility index (Phi) is 4.61. The summed E-state index contributed by atoms with van der Waals surface area (Å²) >= 11 is 0. The molecule has 1 aliphatic heterocycles. The maximum absolute atomic E-state index is 13.4. The van der Waals surface area contributed by atoms with Gasteiger partial charge in [-0.05, 0) is 54.1 Å². The van der Waals surface area contributed by atoms with E-state index in [0.717, 1.165) is 11.3 Å². The quantitative estimate of drug-likeness (QED) is 0.720. The molecule has 0 aromatic heterocycles. The number of benzene rings is 3. The standard InChI is InChI=1S/C22H19FN2O3/c1-27-19-12-7-14(13-20(19)28-2)21-24-18-6-4-3-5-17(18)22(26)25(21)16-10-8-15(23)9-11-16/h3-13,21,24H,1-2H3. The van der Waals surface area contributed by atoms with Crippen LogP contribution in [0.15, 0.2) is 66.7 Å². The first kappa shape index (κ1) is 17.9. The second kappa shape index (κ2) is 7.23.